The van der Waals surface area contributed by atoms with Crippen LogP contribution in [0.4, 0.5) is 0 Å². The van der Waals surface area contributed by atoms with E-state index in [-0.39, 0.29) is 0 Å². The van der Waals surface area contributed by atoms with E-state index in [2.05, 4.69) is 35.6 Å². The second-order valence-electron chi connectivity index (χ2n) is 6.73. The Hall–Kier alpha value is -0.120. The van der Waals surface area contributed by atoms with Gasteiger partial charge < -0.3 is 9.80 Å². The monoisotopic (exact) mass is 237 g/mol. The van der Waals surface area contributed by atoms with Crippen molar-refractivity contribution in [2.75, 3.05) is 46.3 Å². The third-order valence-corrected chi connectivity index (χ3v) is 5.20. The average molecular weight is 237 g/mol. The number of rotatable bonds is 2. The van der Waals surface area contributed by atoms with Gasteiger partial charge in [-0.25, -0.2) is 0 Å². The van der Waals surface area contributed by atoms with E-state index in [1.54, 1.807) is 0 Å². The number of likely N-dealkylation sites (tertiary alicyclic amines) is 3. The first kappa shape index (κ1) is 11.9. The van der Waals surface area contributed by atoms with Crippen LogP contribution in [0, 0.1) is 5.41 Å². The molecule has 17 heavy (non-hydrogen) atoms. The summed E-state index contributed by atoms with van der Waals surface area (Å²) in [4.78, 5) is 7.85. The summed E-state index contributed by atoms with van der Waals surface area (Å²) >= 11 is 0. The Morgan fingerprint density at radius 3 is 2.41 bits per heavy atom. The van der Waals surface area contributed by atoms with Crippen molar-refractivity contribution >= 4 is 0 Å². The van der Waals surface area contributed by atoms with Gasteiger partial charge in [0.15, 0.2) is 0 Å². The lowest BCUT2D eigenvalue weighted by Crippen LogP contribution is -2.73. The first-order chi connectivity index (χ1) is 8.12. The number of hydrogen-bond donors (Lipinski definition) is 0. The minimum Gasteiger partial charge on any atom is -0.305 e. The number of nitrogens with zero attached hydrogens (tertiary/aromatic N) is 3. The van der Waals surface area contributed by atoms with Crippen molar-refractivity contribution in [2.24, 2.45) is 5.41 Å². The maximum Gasteiger partial charge on any atom is 0.0212 e. The molecule has 1 unspecified atom stereocenters. The molecule has 3 heterocycles. The van der Waals surface area contributed by atoms with Crippen LogP contribution in [0.25, 0.3) is 0 Å². The fraction of sp³-hybridized carbons (Fsp3) is 1.00. The Kier molecular flexibility index (Phi) is 2.96. The highest BCUT2D eigenvalue weighted by Gasteiger charge is 2.52. The number of piperidine rings is 1. The standard InChI is InChI=1S/C14H27N3/c1-4-16-6-5-13(7-12(16)2)17-10-14(11-17)8-15(3)9-14/h12-13H,4-11H2,1-3H3/t12-,13?/m1/s1. The molecule has 3 saturated heterocycles. The molecular formula is C14H27N3. The topological polar surface area (TPSA) is 9.72 Å². The van der Waals surface area contributed by atoms with Crippen LogP contribution in [0.15, 0.2) is 0 Å². The van der Waals surface area contributed by atoms with Crippen LogP contribution >= 0.6 is 0 Å². The highest BCUT2D eigenvalue weighted by atomic mass is 15.3. The van der Waals surface area contributed by atoms with Gasteiger partial charge in [-0.05, 0) is 39.9 Å². The molecule has 3 aliphatic heterocycles. The summed E-state index contributed by atoms with van der Waals surface area (Å²) in [5.74, 6) is 0. The van der Waals surface area contributed by atoms with Gasteiger partial charge >= 0.3 is 0 Å². The molecule has 0 radical (unpaired) electrons. The lowest BCUT2D eigenvalue weighted by molar-refractivity contribution is -0.130. The van der Waals surface area contributed by atoms with Gasteiger partial charge in [-0.3, -0.25) is 4.90 Å². The van der Waals surface area contributed by atoms with E-state index in [0.29, 0.717) is 5.41 Å². The third kappa shape index (κ3) is 2.02. The second-order valence-corrected chi connectivity index (χ2v) is 6.73. The molecule has 0 aromatic carbocycles. The Labute approximate surface area is 106 Å². The SMILES string of the molecule is CCN1CCC(N2CC3(CN(C)C3)C2)C[C@H]1C. The first-order valence-corrected chi connectivity index (χ1v) is 7.28. The molecule has 98 valence electrons. The minimum absolute atomic E-state index is 0.708. The third-order valence-electron chi connectivity index (χ3n) is 5.20. The van der Waals surface area contributed by atoms with E-state index in [1.807, 2.05) is 0 Å². The van der Waals surface area contributed by atoms with E-state index in [1.165, 1.54) is 52.1 Å². The fourth-order valence-electron chi connectivity index (χ4n) is 4.37. The predicted molar refractivity (Wildman–Crippen MR) is 71.2 cm³/mol. The van der Waals surface area contributed by atoms with Gasteiger partial charge in [0.2, 0.25) is 0 Å². The molecule has 3 nitrogen and oxygen atoms in total. The molecule has 2 atom stereocenters. The van der Waals surface area contributed by atoms with Gasteiger partial charge in [-0.1, -0.05) is 6.92 Å². The summed E-state index contributed by atoms with van der Waals surface area (Å²) in [5, 5.41) is 0. The summed E-state index contributed by atoms with van der Waals surface area (Å²) in [5.41, 5.74) is 0.708. The lowest BCUT2D eigenvalue weighted by atomic mass is 9.71. The van der Waals surface area contributed by atoms with Crippen LogP contribution < -0.4 is 0 Å². The van der Waals surface area contributed by atoms with Crippen molar-refractivity contribution < 1.29 is 0 Å². The van der Waals surface area contributed by atoms with Crippen LogP contribution in [0.5, 0.6) is 0 Å². The molecule has 3 heteroatoms. The molecule has 0 saturated carbocycles. The molecule has 3 aliphatic rings. The maximum atomic E-state index is 2.76. The Balaban J connectivity index is 1.48. The van der Waals surface area contributed by atoms with Crippen molar-refractivity contribution in [3.63, 3.8) is 0 Å². The normalized spacial score (nSPS) is 39.0. The molecule has 0 amide bonds. The molecule has 3 fully saturated rings. The van der Waals surface area contributed by atoms with E-state index in [0.717, 1.165) is 12.1 Å². The molecule has 0 bridgehead atoms. The summed E-state index contributed by atoms with van der Waals surface area (Å²) in [6.45, 7) is 12.7. The Morgan fingerprint density at radius 1 is 1.18 bits per heavy atom. The second kappa shape index (κ2) is 4.22. The molecule has 0 aromatic rings. The van der Waals surface area contributed by atoms with Gasteiger partial charge in [0, 0.05) is 43.7 Å². The van der Waals surface area contributed by atoms with Crippen molar-refractivity contribution in [3.8, 4) is 0 Å². The molecule has 0 N–H and O–H groups in total. The molecular weight excluding hydrogens is 210 g/mol. The maximum absolute atomic E-state index is 2.76. The van der Waals surface area contributed by atoms with Crippen LogP contribution in [-0.2, 0) is 0 Å². The van der Waals surface area contributed by atoms with E-state index >= 15 is 0 Å². The Bertz CT molecular complexity index is 277. The van der Waals surface area contributed by atoms with Crippen molar-refractivity contribution in [3.05, 3.63) is 0 Å². The van der Waals surface area contributed by atoms with Crippen LogP contribution in [0.1, 0.15) is 26.7 Å². The quantitative estimate of drug-likeness (QED) is 0.712. The van der Waals surface area contributed by atoms with Crippen LogP contribution in [0.2, 0.25) is 0 Å². The zero-order chi connectivity index (χ0) is 12.0. The van der Waals surface area contributed by atoms with Crippen molar-refractivity contribution in [2.45, 2.75) is 38.8 Å². The lowest BCUT2D eigenvalue weighted by Gasteiger charge is -2.62. The average Bonchev–Trinajstić information content (AvgIpc) is 2.21. The predicted octanol–water partition coefficient (Wildman–Crippen LogP) is 1.11. The Morgan fingerprint density at radius 2 is 1.88 bits per heavy atom. The van der Waals surface area contributed by atoms with Gasteiger partial charge in [0.25, 0.3) is 0 Å². The molecule has 1 spiro atoms. The molecule has 3 rings (SSSR count). The smallest absolute Gasteiger partial charge is 0.0212 e. The first-order valence-electron chi connectivity index (χ1n) is 7.28. The highest BCUT2D eigenvalue weighted by molar-refractivity contribution is 5.06. The van der Waals surface area contributed by atoms with E-state index < -0.39 is 0 Å². The fourth-order valence-corrected chi connectivity index (χ4v) is 4.37. The molecule has 0 aromatic heterocycles. The summed E-state index contributed by atoms with van der Waals surface area (Å²) < 4.78 is 0. The van der Waals surface area contributed by atoms with E-state index in [9.17, 15) is 0 Å². The molecule has 0 aliphatic carbocycles. The number of hydrogen-bond acceptors (Lipinski definition) is 3. The van der Waals surface area contributed by atoms with Crippen LogP contribution in [-0.4, -0.2) is 73.1 Å². The van der Waals surface area contributed by atoms with Crippen LogP contribution in [0.3, 0.4) is 0 Å². The summed E-state index contributed by atoms with van der Waals surface area (Å²) in [6, 6.07) is 1.67. The summed E-state index contributed by atoms with van der Waals surface area (Å²) in [7, 11) is 2.25. The van der Waals surface area contributed by atoms with E-state index in [4.69, 9.17) is 0 Å². The van der Waals surface area contributed by atoms with Crippen molar-refractivity contribution in [1.29, 1.82) is 0 Å². The van der Waals surface area contributed by atoms with Gasteiger partial charge in [0.05, 0.1) is 0 Å². The van der Waals surface area contributed by atoms with Gasteiger partial charge in [0.1, 0.15) is 0 Å². The zero-order valence-corrected chi connectivity index (χ0v) is 11.7. The largest absolute Gasteiger partial charge is 0.305 e. The summed E-state index contributed by atoms with van der Waals surface area (Å²) in [6.07, 6.45) is 2.78. The highest BCUT2D eigenvalue weighted by Crippen LogP contribution is 2.41. The zero-order valence-electron chi connectivity index (χ0n) is 11.7. The van der Waals surface area contributed by atoms with Gasteiger partial charge in [-0.2, -0.15) is 0 Å². The van der Waals surface area contributed by atoms with Crippen molar-refractivity contribution in [1.82, 2.24) is 14.7 Å². The minimum atomic E-state index is 0.708. The van der Waals surface area contributed by atoms with Gasteiger partial charge in [-0.15, -0.1) is 0 Å².